The van der Waals surface area contributed by atoms with Crippen LogP contribution in [0, 0.1) is 18.3 Å². The van der Waals surface area contributed by atoms with Gasteiger partial charge in [0.05, 0.1) is 18.4 Å². The van der Waals surface area contributed by atoms with Crippen molar-refractivity contribution in [3.8, 4) is 11.8 Å². The molecule has 19 heavy (non-hydrogen) atoms. The summed E-state index contributed by atoms with van der Waals surface area (Å²) in [6, 6.07) is 13.1. The zero-order valence-corrected chi connectivity index (χ0v) is 11.5. The Morgan fingerprint density at radius 3 is 2.63 bits per heavy atom. The number of hydrogen-bond acceptors (Lipinski definition) is 3. The van der Waals surface area contributed by atoms with Crippen molar-refractivity contribution < 1.29 is 4.74 Å². The lowest BCUT2D eigenvalue weighted by molar-refractivity contribution is 0.412. The molecule has 0 saturated heterocycles. The minimum Gasteiger partial charge on any atom is -0.496 e. The topological polar surface area (TPSA) is 45.0 Å². The second-order valence-corrected chi connectivity index (χ2v) is 4.55. The Labute approximate surface area is 117 Å². The number of halogens is 1. The van der Waals surface area contributed by atoms with E-state index in [0.29, 0.717) is 10.6 Å². The first-order valence-corrected chi connectivity index (χ1v) is 6.13. The van der Waals surface area contributed by atoms with Crippen LogP contribution in [0.5, 0.6) is 5.75 Å². The summed E-state index contributed by atoms with van der Waals surface area (Å²) in [5.74, 6) is 0.835. The number of aryl methyl sites for hydroxylation is 1. The van der Waals surface area contributed by atoms with Crippen LogP contribution in [0.2, 0.25) is 5.02 Å². The van der Waals surface area contributed by atoms with Gasteiger partial charge in [-0.25, -0.2) is 0 Å². The molecule has 4 heteroatoms. The fourth-order valence-corrected chi connectivity index (χ4v) is 2.00. The van der Waals surface area contributed by atoms with Crippen molar-refractivity contribution in [1.29, 1.82) is 5.26 Å². The van der Waals surface area contributed by atoms with Gasteiger partial charge in [-0.1, -0.05) is 11.6 Å². The van der Waals surface area contributed by atoms with E-state index in [0.717, 1.165) is 22.7 Å². The molecule has 1 N–H and O–H groups in total. The van der Waals surface area contributed by atoms with Gasteiger partial charge in [0.15, 0.2) is 0 Å². The van der Waals surface area contributed by atoms with Crippen LogP contribution >= 0.6 is 11.6 Å². The van der Waals surface area contributed by atoms with E-state index in [1.807, 2.05) is 25.1 Å². The molecule has 0 spiro atoms. The molecule has 0 amide bonds. The monoisotopic (exact) mass is 272 g/mol. The molecule has 0 atom stereocenters. The van der Waals surface area contributed by atoms with Gasteiger partial charge in [-0.05, 0) is 48.9 Å². The van der Waals surface area contributed by atoms with Gasteiger partial charge in [-0.15, -0.1) is 0 Å². The van der Waals surface area contributed by atoms with Crippen molar-refractivity contribution in [1.82, 2.24) is 0 Å². The fraction of sp³-hybridized carbons (Fsp3) is 0.133. The zero-order chi connectivity index (χ0) is 13.8. The predicted octanol–water partition coefficient (Wildman–Crippen LogP) is 4.27. The average molecular weight is 273 g/mol. The van der Waals surface area contributed by atoms with Crippen LogP contribution in [0.4, 0.5) is 11.4 Å². The normalized spacial score (nSPS) is 9.79. The average Bonchev–Trinajstić information content (AvgIpc) is 2.41. The Morgan fingerprint density at radius 2 is 2.00 bits per heavy atom. The molecule has 0 aliphatic carbocycles. The highest BCUT2D eigenvalue weighted by Gasteiger charge is 2.05. The summed E-state index contributed by atoms with van der Waals surface area (Å²) in [5.41, 5.74) is 3.18. The van der Waals surface area contributed by atoms with Gasteiger partial charge in [0.25, 0.3) is 0 Å². The lowest BCUT2D eigenvalue weighted by Crippen LogP contribution is -1.95. The minimum absolute atomic E-state index is 0.515. The van der Waals surface area contributed by atoms with Gasteiger partial charge in [0.2, 0.25) is 0 Å². The molecule has 96 valence electrons. The van der Waals surface area contributed by atoms with Crippen LogP contribution < -0.4 is 10.1 Å². The standard InChI is InChI=1S/C15H13ClN2O/c1-10-7-13(4-6-15(10)19-2)18-14-5-3-12(16)8-11(14)9-17/h3-8,18H,1-2H3. The summed E-state index contributed by atoms with van der Waals surface area (Å²) in [5, 5.41) is 12.8. The molecular weight excluding hydrogens is 260 g/mol. The maximum atomic E-state index is 9.09. The summed E-state index contributed by atoms with van der Waals surface area (Å²) in [6.07, 6.45) is 0. The van der Waals surface area contributed by atoms with Crippen molar-refractivity contribution in [2.45, 2.75) is 6.92 Å². The van der Waals surface area contributed by atoms with Crippen molar-refractivity contribution in [3.63, 3.8) is 0 Å². The number of nitriles is 1. The molecule has 0 bridgehead atoms. The molecule has 0 aliphatic heterocycles. The highest BCUT2D eigenvalue weighted by Crippen LogP contribution is 2.27. The molecule has 0 heterocycles. The van der Waals surface area contributed by atoms with E-state index in [9.17, 15) is 0 Å². The Bertz CT molecular complexity index is 647. The molecule has 3 nitrogen and oxygen atoms in total. The van der Waals surface area contributed by atoms with Crippen molar-refractivity contribution in [3.05, 3.63) is 52.5 Å². The summed E-state index contributed by atoms with van der Waals surface area (Å²) in [6.45, 7) is 1.97. The predicted molar refractivity (Wildman–Crippen MR) is 77.2 cm³/mol. The van der Waals surface area contributed by atoms with Gasteiger partial charge < -0.3 is 10.1 Å². The van der Waals surface area contributed by atoms with Crippen LogP contribution in [-0.2, 0) is 0 Å². The second kappa shape index (κ2) is 5.64. The van der Waals surface area contributed by atoms with E-state index >= 15 is 0 Å². The Balaban J connectivity index is 2.31. The molecule has 2 aromatic carbocycles. The van der Waals surface area contributed by atoms with E-state index < -0.39 is 0 Å². The molecule has 0 aromatic heterocycles. The molecule has 0 fully saturated rings. The Morgan fingerprint density at radius 1 is 1.21 bits per heavy atom. The summed E-state index contributed by atoms with van der Waals surface area (Å²) in [7, 11) is 1.64. The first kappa shape index (κ1) is 13.3. The number of nitrogens with zero attached hydrogens (tertiary/aromatic N) is 1. The minimum atomic E-state index is 0.515. The third-order valence-electron chi connectivity index (χ3n) is 2.78. The third kappa shape index (κ3) is 2.98. The molecule has 0 radical (unpaired) electrons. The Hall–Kier alpha value is -2.18. The Kier molecular flexibility index (Phi) is 3.94. The van der Waals surface area contributed by atoms with E-state index in [1.54, 1.807) is 25.3 Å². The molecule has 0 aliphatic rings. The number of benzene rings is 2. The maximum absolute atomic E-state index is 9.09. The quantitative estimate of drug-likeness (QED) is 0.907. The number of anilines is 2. The smallest absolute Gasteiger partial charge is 0.121 e. The number of ether oxygens (including phenoxy) is 1. The maximum Gasteiger partial charge on any atom is 0.121 e. The summed E-state index contributed by atoms with van der Waals surface area (Å²) < 4.78 is 5.21. The van der Waals surface area contributed by atoms with E-state index in [-0.39, 0.29) is 0 Å². The van der Waals surface area contributed by atoms with Gasteiger partial charge in [0, 0.05) is 10.7 Å². The van der Waals surface area contributed by atoms with Crippen molar-refractivity contribution >= 4 is 23.0 Å². The first-order chi connectivity index (χ1) is 9.13. The number of nitrogens with one attached hydrogen (secondary N) is 1. The van der Waals surface area contributed by atoms with Crippen LogP contribution in [0.25, 0.3) is 0 Å². The van der Waals surface area contributed by atoms with E-state index in [4.69, 9.17) is 21.6 Å². The van der Waals surface area contributed by atoms with Crippen LogP contribution in [0.15, 0.2) is 36.4 Å². The molecule has 0 saturated carbocycles. The van der Waals surface area contributed by atoms with Gasteiger partial charge >= 0.3 is 0 Å². The van der Waals surface area contributed by atoms with Gasteiger partial charge in [-0.2, -0.15) is 5.26 Å². The lowest BCUT2D eigenvalue weighted by atomic mass is 10.1. The molecule has 0 unspecified atom stereocenters. The van der Waals surface area contributed by atoms with E-state index in [1.165, 1.54) is 0 Å². The first-order valence-electron chi connectivity index (χ1n) is 5.75. The summed E-state index contributed by atoms with van der Waals surface area (Å²) >= 11 is 5.87. The fourth-order valence-electron chi connectivity index (χ4n) is 1.83. The highest BCUT2D eigenvalue weighted by atomic mass is 35.5. The highest BCUT2D eigenvalue weighted by molar-refractivity contribution is 6.30. The third-order valence-corrected chi connectivity index (χ3v) is 3.01. The van der Waals surface area contributed by atoms with Crippen LogP contribution in [-0.4, -0.2) is 7.11 Å². The molecule has 2 rings (SSSR count). The largest absolute Gasteiger partial charge is 0.496 e. The second-order valence-electron chi connectivity index (χ2n) is 4.11. The number of methoxy groups -OCH3 is 1. The number of hydrogen-bond donors (Lipinski definition) is 1. The van der Waals surface area contributed by atoms with Crippen molar-refractivity contribution in [2.24, 2.45) is 0 Å². The molecular formula is C15H13ClN2O. The van der Waals surface area contributed by atoms with Crippen molar-refractivity contribution in [2.75, 3.05) is 12.4 Å². The molecule has 2 aromatic rings. The van der Waals surface area contributed by atoms with Crippen LogP contribution in [0.1, 0.15) is 11.1 Å². The summed E-state index contributed by atoms with van der Waals surface area (Å²) in [4.78, 5) is 0. The SMILES string of the molecule is COc1ccc(Nc2ccc(Cl)cc2C#N)cc1C. The zero-order valence-electron chi connectivity index (χ0n) is 10.7. The van der Waals surface area contributed by atoms with Crippen LogP contribution in [0.3, 0.4) is 0 Å². The van der Waals surface area contributed by atoms with E-state index in [2.05, 4.69) is 11.4 Å². The van der Waals surface area contributed by atoms with Gasteiger partial charge in [0.1, 0.15) is 11.8 Å². The van der Waals surface area contributed by atoms with Gasteiger partial charge in [-0.3, -0.25) is 0 Å². The lowest BCUT2D eigenvalue weighted by Gasteiger charge is -2.11. The number of rotatable bonds is 3.